The van der Waals surface area contributed by atoms with Crippen LogP contribution in [0.15, 0.2) is 36.7 Å². The maximum Gasteiger partial charge on any atom is 0.0960 e. The first-order valence-electron chi connectivity index (χ1n) is 11.7. The quantitative estimate of drug-likeness (QED) is 0.538. The second-order valence-corrected chi connectivity index (χ2v) is 9.28. The molecule has 5 N–H and O–H groups in total. The predicted octanol–water partition coefficient (Wildman–Crippen LogP) is 4.58. The Kier molecular flexibility index (Phi) is 5.48. The Labute approximate surface area is 183 Å². The fourth-order valence-corrected chi connectivity index (χ4v) is 5.38. The predicted molar refractivity (Wildman–Crippen MR) is 128 cm³/mol. The van der Waals surface area contributed by atoms with Crippen molar-refractivity contribution in [3.8, 4) is 11.1 Å². The third-order valence-corrected chi connectivity index (χ3v) is 7.19. The van der Waals surface area contributed by atoms with Crippen LogP contribution in [0.25, 0.3) is 22.2 Å². The molecular formula is C25H33N5O. The molecule has 6 nitrogen and oxygen atoms in total. The number of hydrogen-bond acceptors (Lipinski definition) is 5. The van der Waals surface area contributed by atoms with Crippen LogP contribution in [0.4, 0.5) is 17.1 Å². The van der Waals surface area contributed by atoms with Gasteiger partial charge < -0.3 is 26.0 Å². The molecule has 0 spiro atoms. The van der Waals surface area contributed by atoms with Crippen molar-refractivity contribution in [2.75, 3.05) is 36.1 Å². The smallest absolute Gasteiger partial charge is 0.0960 e. The second-order valence-electron chi connectivity index (χ2n) is 9.28. The van der Waals surface area contributed by atoms with Gasteiger partial charge in [-0.15, -0.1) is 0 Å². The topological polar surface area (TPSA) is 93.3 Å². The molecule has 1 atom stereocenters. The van der Waals surface area contributed by atoms with Crippen LogP contribution in [0.2, 0.25) is 0 Å². The molecule has 0 amide bonds. The zero-order valence-corrected chi connectivity index (χ0v) is 18.1. The minimum Gasteiger partial charge on any atom is -0.397 e. The molecule has 3 aromatic rings. The summed E-state index contributed by atoms with van der Waals surface area (Å²) in [5.74, 6) is 0.316. The number of aromatic nitrogens is 2. The van der Waals surface area contributed by atoms with Crippen LogP contribution in [0.3, 0.4) is 0 Å². The molecule has 1 aromatic heterocycles. The molecule has 0 radical (unpaired) electrons. The lowest BCUT2D eigenvalue weighted by Gasteiger charge is -2.34. The fourth-order valence-electron chi connectivity index (χ4n) is 5.38. The number of nitrogen functional groups attached to an aromatic ring is 2. The number of rotatable bonds is 4. The summed E-state index contributed by atoms with van der Waals surface area (Å²) < 4.78 is 2.36. The maximum atomic E-state index is 9.60. The van der Waals surface area contributed by atoms with Gasteiger partial charge in [-0.05, 0) is 61.4 Å². The van der Waals surface area contributed by atoms with Crippen molar-refractivity contribution >= 4 is 28.1 Å². The molecule has 1 aliphatic heterocycles. The number of aliphatic hydroxyl groups is 1. The van der Waals surface area contributed by atoms with E-state index in [9.17, 15) is 5.11 Å². The summed E-state index contributed by atoms with van der Waals surface area (Å²) in [7, 11) is 0. The number of hydrogen-bond donors (Lipinski definition) is 3. The average molecular weight is 420 g/mol. The van der Waals surface area contributed by atoms with Crippen molar-refractivity contribution in [1.29, 1.82) is 0 Å². The van der Waals surface area contributed by atoms with Gasteiger partial charge in [0.05, 0.1) is 28.7 Å². The fraction of sp³-hybridized carbons (Fsp3) is 0.480. The maximum absolute atomic E-state index is 9.60. The minimum atomic E-state index is 0.230. The minimum absolute atomic E-state index is 0.230. The molecule has 1 aliphatic carbocycles. The van der Waals surface area contributed by atoms with E-state index in [2.05, 4.69) is 33.7 Å². The molecule has 1 saturated carbocycles. The molecule has 1 unspecified atom stereocenters. The van der Waals surface area contributed by atoms with E-state index in [-0.39, 0.29) is 6.61 Å². The van der Waals surface area contributed by atoms with Gasteiger partial charge in [0.1, 0.15) is 0 Å². The summed E-state index contributed by atoms with van der Waals surface area (Å²) in [6.45, 7) is 2.06. The van der Waals surface area contributed by atoms with Crippen molar-refractivity contribution in [3.63, 3.8) is 0 Å². The summed E-state index contributed by atoms with van der Waals surface area (Å²) in [5.41, 5.74) is 19.2. The van der Waals surface area contributed by atoms with Crippen molar-refractivity contribution in [1.82, 2.24) is 9.55 Å². The normalized spacial score (nSPS) is 20.4. The number of benzene rings is 2. The van der Waals surface area contributed by atoms with Gasteiger partial charge in [0.15, 0.2) is 0 Å². The third-order valence-electron chi connectivity index (χ3n) is 7.19. The molecule has 1 saturated heterocycles. The van der Waals surface area contributed by atoms with Gasteiger partial charge in [-0.1, -0.05) is 25.3 Å². The molecular weight excluding hydrogens is 386 g/mol. The van der Waals surface area contributed by atoms with Crippen LogP contribution >= 0.6 is 0 Å². The Hall–Kier alpha value is -2.73. The molecule has 2 aliphatic rings. The average Bonchev–Trinajstić information content (AvgIpc) is 3.24. The highest BCUT2D eigenvalue weighted by Crippen LogP contribution is 2.38. The van der Waals surface area contributed by atoms with Crippen molar-refractivity contribution in [3.05, 3.63) is 36.7 Å². The van der Waals surface area contributed by atoms with E-state index in [0.717, 1.165) is 48.3 Å². The number of fused-ring (bicyclic) bond motifs is 1. The molecule has 31 heavy (non-hydrogen) atoms. The molecule has 2 fully saturated rings. The summed E-state index contributed by atoms with van der Waals surface area (Å²) in [4.78, 5) is 7.04. The number of imidazole rings is 1. The highest BCUT2D eigenvalue weighted by Gasteiger charge is 2.22. The van der Waals surface area contributed by atoms with E-state index >= 15 is 0 Å². The van der Waals surface area contributed by atoms with E-state index in [1.165, 1.54) is 37.6 Å². The number of anilines is 3. The zero-order valence-electron chi connectivity index (χ0n) is 18.1. The van der Waals surface area contributed by atoms with Crippen LogP contribution in [0.5, 0.6) is 0 Å². The Balaban J connectivity index is 1.49. The van der Waals surface area contributed by atoms with Crippen LogP contribution in [0, 0.1) is 5.92 Å². The zero-order chi connectivity index (χ0) is 21.4. The van der Waals surface area contributed by atoms with Gasteiger partial charge in [0.2, 0.25) is 0 Å². The third kappa shape index (κ3) is 3.85. The van der Waals surface area contributed by atoms with Crippen molar-refractivity contribution < 1.29 is 5.11 Å². The molecule has 6 heteroatoms. The summed E-state index contributed by atoms with van der Waals surface area (Å²) in [5, 5.41) is 9.60. The van der Waals surface area contributed by atoms with E-state index in [0.29, 0.717) is 23.3 Å². The monoisotopic (exact) mass is 419 g/mol. The van der Waals surface area contributed by atoms with Crippen LogP contribution < -0.4 is 16.4 Å². The molecule has 5 rings (SSSR count). The van der Waals surface area contributed by atoms with Gasteiger partial charge in [-0.3, -0.25) is 0 Å². The van der Waals surface area contributed by atoms with Gasteiger partial charge in [-0.25, -0.2) is 4.98 Å². The highest BCUT2D eigenvalue weighted by molar-refractivity contribution is 5.91. The Morgan fingerprint density at radius 3 is 2.65 bits per heavy atom. The Morgan fingerprint density at radius 1 is 1.00 bits per heavy atom. The van der Waals surface area contributed by atoms with Crippen molar-refractivity contribution in [2.24, 2.45) is 5.92 Å². The first-order chi connectivity index (χ1) is 15.1. The van der Waals surface area contributed by atoms with Gasteiger partial charge in [0, 0.05) is 37.0 Å². The van der Waals surface area contributed by atoms with Crippen LogP contribution in [-0.4, -0.2) is 34.4 Å². The summed E-state index contributed by atoms with van der Waals surface area (Å²) in [6, 6.07) is 11.1. The number of nitrogens with zero attached hydrogens (tertiary/aromatic N) is 3. The molecule has 2 aromatic carbocycles. The lowest BCUT2D eigenvalue weighted by molar-refractivity contribution is 0.209. The van der Waals surface area contributed by atoms with E-state index < -0.39 is 0 Å². The highest BCUT2D eigenvalue weighted by atomic mass is 16.3. The van der Waals surface area contributed by atoms with E-state index in [1.54, 1.807) is 0 Å². The Morgan fingerprint density at radius 2 is 1.84 bits per heavy atom. The van der Waals surface area contributed by atoms with Gasteiger partial charge in [0.25, 0.3) is 0 Å². The lowest BCUT2D eigenvalue weighted by Crippen LogP contribution is -2.36. The first-order valence-corrected chi connectivity index (χ1v) is 11.7. The molecule has 2 heterocycles. The van der Waals surface area contributed by atoms with Gasteiger partial charge in [-0.2, -0.15) is 0 Å². The standard InChI is InChI=1S/C25H33N5O/c26-22-13-20(29-10-4-5-17(14-29)15-31)12-21(25(22)27)18-8-9-24-23(11-18)28-16-30(24)19-6-2-1-3-7-19/h8-9,11-13,16-17,19,31H,1-7,10,14-15,26-27H2. The first kappa shape index (κ1) is 20.2. The largest absolute Gasteiger partial charge is 0.397 e. The summed E-state index contributed by atoms with van der Waals surface area (Å²) >= 11 is 0. The second kappa shape index (κ2) is 8.42. The Bertz CT molecular complexity index is 1070. The van der Waals surface area contributed by atoms with Crippen LogP contribution in [-0.2, 0) is 0 Å². The van der Waals surface area contributed by atoms with E-state index in [4.69, 9.17) is 16.5 Å². The lowest BCUT2D eigenvalue weighted by atomic mass is 9.95. The number of aliphatic hydroxyl groups excluding tert-OH is 1. The van der Waals surface area contributed by atoms with Crippen molar-refractivity contribution in [2.45, 2.75) is 51.0 Å². The molecule has 0 bridgehead atoms. The molecule has 164 valence electrons. The van der Waals surface area contributed by atoms with Gasteiger partial charge >= 0.3 is 0 Å². The number of nitrogens with two attached hydrogens (primary N) is 2. The summed E-state index contributed by atoms with van der Waals surface area (Å²) in [6.07, 6.45) is 10.6. The SMILES string of the molecule is Nc1cc(N2CCCC(CO)C2)cc(-c2ccc3c(c2)ncn3C2CCCCC2)c1N. The number of piperidine rings is 1. The van der Waals surface area contributed by atoms with Crippen LogP contribution in [0.1, 0.15) is 51.0 Å². The van der Waals surface area contributed by atoms with E-state index in [1.807, 2.05) is 12.4 Å².